The van der Waals surface area contributed by atoms with E-state index in [1.54, 1.807) is 0 Å². The summed E-state index contributed by atoms with van der Waals surface area (Å²) < 4.78 is 0. The third-order valence-corrected chi connectivity index (χ3v) is 3.81. The Morgan fingerprint density at radius 3 is 1.79 bits per heavy atom. The fraction of sp³-hybridized carbons (Fsp3) is 0.263. The third kappa shape index (κ3) is 4.28. The van der Waals surface area contributed by atoms with Gasteiger partial charge in [0.2, 0.25) is 5.91 Å². The van der Waals surface area contributed by atoms with E-state index in [1.807, 2.05) is 60.7 Å². The van der Waals surface area contributed by atoms with E-state index in [4.69, 9.17) is 5.11 Å². The summed E-state index contributed by atoms with van der Waals surface area (Å²) in [5.74, 6) is -1.64. The van der Waals surface area contributed by atoms with Crippen LogP contribution in [0.25, 0.3) is 0 Å². The van der Waals surface area contributed by atoms with Gasteiger partial charge in [0.05, 0.1) is 12.0 Å². The largest absolute Gasteiger partial charge is 0.391 e. The fourth-order valence-corrected chi connectivity index (χ4v) is 2.59. The van der Waals surface area contributed by atoms with Gasteiger partial charge in [-0.2, -0.15) is 0 Å². The number of aliphatic hydroxyl groups is 2. The third-order valence-electron chi connectivity index (χ3n) is 3.81. The predicted octanol–water partition coefficient (Wildman–Crippen LogP) is 1.25. The van der Waals surface area contributed by atoms with E-state index in [0.717, 1.165) is 11.1 Å². The Balaban J connectivity index is 2.34. The van der Waals surface area contributed by atoms with Gasteiger partial charge in [-0.25, -0.2) is 0 Å². The molecule has 0 aliphatic heterocycles. The molecular formula is C19H21NO4. The van der Waals surface area contributed by atoms with Gasteiger partial charge in [0.1, 0.15) is 12.6 Å². The SMILES string of the molecule is C[C@@H](O)[C@H](NC(=O)C(c1ccccc1)c1ccccc1)C(=O)CO. The molecule has 5 heteroatoms. The summed E-state index contributed by atoms with van der Waals surface area (Å²) in [4.78, 5) is 24.6. The van der Waals surface area contributed by atoms with Crippen LogP contribution in [0, 0.1) is 0 Å². The molecule has 5 nitrogen and oxygen atoms in total. The Labute approximate surface area is 141 Å². The maximum Gasteiger partial charge on any atom is 0.232 e. The molecule has 126 valence electrons. The monoisotopic (exact) mass is 327 g/mol. The second-order valence-corrected chi connectivity index (χ2v) is 5.61. The normalized spacial score (nSPS) is 13.3. The highest BCUT2D eigenvalue weighted by atomic mass is 16.3. The molecule has 0 radical (unpaired) electrons. The van der Waals surface area contributed by atoms with Gasteiger partial charge >= 0.3 is 0 Å². The van der Waals surface area contributed by atoms with E-state index >= 15 is 0 Å². The molecule has 0 aliphatic rings. The molecule has 2 aromatic rings. The van der Waals surface area contributed by atoms with Gasteiger partial charge in [-0.05, 0) is 18.1 Å². The highest BCUT2D eigenvalue weighted by Crippen LogP contribution is 2.25. The van der Waals surface area contributed by atoms with E-state index in [9.17, 15) is 14.7 Å². The molecule has 24 heavy (non-hydrogen) atoms. The summed E-state index contributed by atoms with van der Waals surface area (Å²) in [5, 5.41) is 21.3. The number of hydrogen-bond acceptors (Lipinski definition) is 4. The molecule has 0 aromatic heterocycles. The molecule has 2 rings (SSSR count). The molecule has 2 aromatic carbocycles. The number of nitrogens with one attached hydrogen (secondary N) is 1. The van der Waals surface area contributed by atoms with Crippen molar-refractivity contribution in [3.63, 3.8) is 0 Å². The first-order valence-corrected chi connectivity index (χ1v) is 7.76. The predicted molar refractivity (Wildman–Crippen MR) is 90.4 cm³/mol. The number of benzene rings is 2. The number of aliphatic hydroxyl groups excluding tert-OH is 2. The number of ketones is 1. The molecule has 0 saturated carbocycles. The molecule has 0 spiro atoms. The van der Waals surface area contributed by atoms with Gasteiger partial charge in [0.15, 0.2) is 5.78 Å². The summed E-state index contributed by atoms with van der Waals surface area (Å²) in [6, 6.07) is 17.3. The van der Waals surface area contributed by atoms with Gasteiger partial charge in [0.25, 0.3) is 0 Å². The average Bonchev–Trinajstić information content (AvgIpc) is 2.61. The van der Waals surface area contributed by atoms with Crippen LogP contribution in [0.4, 0.5) is 0 Å². The van der Waals surface area contributed by atoms with Crippen molar-refractivity contribution in [2.75, 3.05) is 6.61 Å². The van der Waals surface area contributed by atoms with Crippen LogP contribution in [0.15, 0.2) is 60.7 Å². The highest BCUT2D eigenvalue weighted by Gasteiger charge is 2.29. The van der Waals surface area contributed by atoms with Crippen molar-refractivity contribution in [2.45, 2.75) is 25.0 Å². The van der Waals surface area contributed by atoms with Crippen LogP contribution in [-0.2, 0) is 9.59 Å². The topological polar surface area (TPSA) is 86.6 Å². The van der Waals surface area contributed by atoms with Gasteiger partial charge in [-0.1, -0.05) is 60.7 Å². The molecule has 2 atom stereocenters. The van der Waals surface area contributed by atoms with Crippen molar-refractivity contribution < 1.29 is 19.8 Å². The van der Waals surface area contributed by atoms with E-state index in [2.05, 4.69) is 5.32 Å². The zero-order chi connectivity index (χ0) is 17.5. The molecule has 3 N–H and O–H groups in total. The van der Waals surface area contributed by atoms with Crippen molar-refractivity contribution in [3.8, 4) is 0 Å². The molecule has 0 saturated heterocycles. The minimum Gasteiger partial charge on any atom is -0.391 e. The molecule has 0 heterocycles. The Morgan fingerprint density at radius 1 is 0.958 bits per heavy atom. The molecular weight excluding hydrogens is 306 g/mol. The van der Waals surface area contributed by atoms with Gasteiger partial charge < -0.3 is 15.5 Å². The van der Waals surface area contributed by atoms with Crippen molar-refractivity contribution in [1.82, 2.24) is 5.32 Å². The van der Waals surface area contributed by atoms with Crippen molar-refractivity contribution in [2.24, 2.45) is 0 Å². The smallest absolute Gasteiger partial charge is 0.232 e. The number of rotatable bonds is 7. The molecule has 0 unspecified atom stereocenters. The van der Waals surface area contributed by atoms with Crippen LogP contribution < -0.4 is 5.32 Å². The average molecular weight is 327 g/mol. The second kappa shape index (κ2) is 8.38. The molecule has 0 aliphatic carbocycles. The van der Waals surface area contributed by atoms with Crippen LogP contribution in [0.5, 0.6) is 0 Å². The molecule has 0 fully saturated rings. The zero-order valence-corrected chi connectivity index (χ0v) is 13.4. The second-order valence-electron chi connectivity index (χ2n) is 5.61. The van der Waals surface area contributed by atoms with Crippen molar-refractivity contribution >= 4 is 11.7 Å². The van der Waals surface area contributed by atoms with E-state index in [1.165, 1.54) is 6.92 Å². The van der Waals surface area contributed by atoms with Gasteiger partial charge in [0, 0.05) is 0 Å². The van der Waals surface area contributed by atoms with Crippen LogP contribution in [0.3, 0.4) is 0 Å². The minimum atomic E-state index is -1.14. The number of carbonyl (C=O) groups excluding carboxylic acids is 2. The fourth-order valence-electron chi connectivity index (χ4n) is 2.59. The lowest BCUT2D eigenvalue weighted by molar-refractivity contribution is -0.132. The Kier molecular flexibility index (Phi) is 6.23. The number of hydrogen-bond donors (Lipinski definition) is 3. The zero-order valence-electron chi connectivity index (χ0n) is 13.4. The van der Waals surface area contributed by atoms with Crippen molar-refractivity contribution in [1.29, 1.82) is 0 Å². The van der Waals surface area contributed by atoms with Gasteiger partial charge in [-0.3, -0.25) is 9.59 Å². The highest BCUT2D eigenvalue weighted by molar-refractivity contribution is 5.93. The number of Topliss-reactive ketones (excluding diaryl/α,β-unsaturated/α-hetero) is 1. The summed E-state index contributed by atoms with van der Waals surface area (Å²) in [5.41, 5.74) is 1.56. The maximum atomic E-state index is 12.8. The quantitative estimate of drug-likeness (QED) is 0.714. The van der Waals surface area contributed by atoms with Crippen LogP contribution in [0.2, 0.25) is 0 Å². The number of carbonyl (C=O) groups is 2. The van der Waals surface area contributed by atoms with E-state index in [-0.39, 0.29) is 0 Å². The Bertz CT molecular complexity index is 631. The summed E-state index contributed by atoms with van der Waals surface area (Å²) >= 11 is 0. The van der Waals surface area contributed by atoms with E-state index < -0.39 is 36.4 Å². The first kappa shape index (κ1) is 17.8. The first-order valence-electron chi connectivity index (χ1n) is 7.76. The molecule has 0 bridgehead atoms. The van der Waals surface area contributed by atoms with Crippen LogP contribution in [-0.4, -0.2) is 40.7 Å². The van der Waals surface area contributed by atoms with E-state index in [0.29, 0.717) is 0 Å². The maximum absolute atomic E-state index is 12.8. The lowest BCUT2D eigenvalue weighted by Crippen LogP contribution is -2.50. The van der Waals surface area contributed by atoms with Gasteiger partial charge in [-0.15, -0.1) is 0 Å². The molecule has 1 amide bonds. The van der Waals surface area contributed by atoms with Crippen LogP contribution in [0.1, 0.15) is 24.0 Å². The lowest BCUT2D eigenvalue weighted by Gasteiger charge is -2.24. The summed E-state index contributed by atoms with van der Waals surface area (Å²) in [6.07, 6.45) is -1.10. The first-order chi connectivity index (χ1) is 11.5. The standard InChI is InChI=1S/C19H21NO4/c1-13(22)18(16(23)12-21)20-19(24)17(14-8-4-2-5-9-14)15-10-6-3-7-11-15/h2-11,13,17-18,21-22H,12H2,1H3,(H,20,24)/t13-,18+/m1/s1. The van der Waals surface area contributed by atoms with Crippen molar-refractivity contribution in [3.05, 3.63) is 71.8 Å². The summed E-state index contributed by atoms with van der Waals surface area (Å²) in [6.45, 7) is 0.662. The lowest BCUT2D eigenvalue weighted by atomic mass is 9.90. The summed E-state index contributed by atoms with van der Waals surface area (Å²) in [7, 11) is 0. The Morgan fingerprint density at radius 2 is 1.42 bits per heavy atom. The van der Waals surface area contributed by atoms with Crippen LogP contribution >= 0.6 is 0 Å². The minimum absolute atomic E-state index is 0.403. The Hall–Kier alpha value is -2.50. The number of amides is 1.